The summed E-state index contributed by atoms with van der Waals surface area (Å²) < 4.78 is 10.7. The van der Waals surface area contributed by atoms with Crippen molar-refractivity contribution >= 4 is 11.7 Å². The Balaban J connectivity index is 1.43. The van der Waals surface area contributed by atoms with Crippen molar-refractivity contribution < 1.29 is 14.3 Å². The van der Waals surface area contributed by atoms with Gasteiger partial charge in [0.2, 0.25) is 0 Å². The van der Waals surface area contributed by atoms with E-state index in [1.165, 1.54) is 16.7 Å². The van der Waals surface area contributed by atoms with Gasteiger partial charge in [-0.3, -0.25) is 4.90 Å². The van der Waals surface area contributed by atoms with Gasteiger partial charge in [-0.25, -0.2) is 4.79 Å². The van der Waals surface area contributed by atoms with E-state index in [1.807, 2.05) is 32.3 Å². The number of carbonyl (C=O) groups excluding carboxylic acids is 1. The largest absolute Gasteiger partial charge is 0.493 e. The second kappa shape index (κ2) is 11.8. The van der Waals surface area contributed by atoms with Gasteiger partial charge < -0.3 is 25.0 Å². The number of anilines is 1. The number of fused-ring (bicyclic) bond motifs is 1. The molecule has 4 rings (SSSR count). The quantitative estimate of drug-likeness (QED) is 0.468. The Kier molecular flexibility index (Phi) is 8.33. The van der Waals surface area contributed by atoms with E-state index in [9.17, 15) is 4.79 Å². The lowest BCUT2D eigenvalue weighted by molar-refractivity contribution is 0.174. The maximum absolute atomic E-state index is 12.8. The highest BCUT2D eigenvalue weighted by Gasteiger charge is 2.25. The zero-order chi connectivity index (χ0) is 25.5. The number of ether oxygens (including phenoxy) is 2. The average Bonchev–Trinajstić information content (AvgIpc) is 2.92. The molecule has 0 fully saturated rings. The number of hydrogen-bond acceptors (Lipinski definition) is 5. The van der Waals surface area contributed by atoms with Crippen LogP contribution in [0.1, 0.15) is 28.3 Å². The van der Waals surface area contributed by atoms with Crippen molar-refractivity contribution in [3.63, 3.8) is 0 Å². The van der Waals surface area contributed by atoms with Gasteiger partial charge in [0, 0.05) is 46.0 Å². The molecule has 7 heteroatoms. The summed E-state index contributed by atoms with van der Waals surface area (Å²) in [5.74, 6) is 1.31. The lowest BCUT2D eigenvalue weighted by atomic mass is 9.96. The summed E-state index contributed by atoms with van der Waals surface area (Å²) in [5.41, 5.74) is 6.06. The Bertz CT molecular complexity index is 1160. The first-order valence-electron chi connectivity index (χ1n) is 12.3. The van der Waals surface area contributed by atoms with Crippen LogP contribution in [0, 0.1) is 0 Å². The minimum atomic E-state index is -0.197. The second-order valence-corrected chi connectivity index (χ2v) is 9.24. The van der Waals surface area contributed by atoms with Crippen LogP contribution in [0.3, 0.4) is 0 Å². The fraction of sp³-hybridized carbons (Fsp3) is 0.345. The van der Waals surface area contributed by atoms with E-state index in [2.05, 4.69) is 69.0 Å². The zero-order valence-electron chi connectivity index (χ0n) is 21.6. The van der Waals surface area contributed by atoms with Crippen LogP contribution in [0.2, 0.25) is 0 Å². The summed E-state index contributed by atoms with van der Waals surface area (Å²) in [4.78, 5) is 17.3. The van der Waals surface area contributed by atoms with Gasteiger partial charge >= 0.3 is 6.03 Å². The molecule has 1 atom stereocenters. The molecular weight excluding hydrogens is 452 g/mol. The minimum absolute atomic E-state index is 0.0707. The van der Waals surface area contributed by atoms with Crippen LogP contribution in [-0.4, -0.2) is 52.3 Å². The molecule has 1 heterocycles. The fourth-order valence-corrected chi connectivity index (χ4v) is 4.66. The van der Waals surface area contributed by atoms with Crippen LogP contribution in [0.15, 0.2) is 66.7 Å². The Morgan fingerprint density at radius 3 is 2.36 bits per heavy atom. The van der Waals surface area contributed by atoms with Gasteiger partial charge in [-0.05, 0) is 52.9 Å². The van der Waals surface area contributed by atoms with Crippen molar-refractivity contribution in [2.45, 2.75) is 25.6 Å². The predicted molar refractivity (Wildman–Crippen MR) is 144 cm³/mol. The third-order valence-electron chi connectivity index (χ3n) is 6.75. The lowest BCUT2D eigenvalue weighted by Crippen LogP contribution is -2.43. The summed E-state index contributed by atoms with van der Waals surface area (Å²) in [7, 11) is 7.29. The fourth-order valence-electron chi connectivity index (χ4n) is 4.66. The van der Waals surface area contributed by atoms with E-state index in [4.69, 9.17) is 9.47 Å². The molecular formula is C29H36N4O3. The first-order valence-corrected chi connectivity index (χ1v) is 12.3. The normalized spacial score (nSPS) is 13.9. The second-order valence-electron chi connectivity index (χ2n) is 9.24. The van der Waals surface area contributed by atoms with Gasteiger partial charge in [0.1, 0.15) is 0 Å². The molecule has 1 unspecified atom stereocenters. The molecule has 0 spiro atoms. The van der Waals surface area contributed by atoms with Crippen LogP contribution >= 0.6 is 0 Å². The van der Waals surface area contributed by atoms with E-state index in [-0.39, 0.29) is 12.1 Å². The van der Waals surface area contributed by atoms with Crippen molar-refractivity contribution in [2.75, 3.05) is 46.3 Å². The molecule has 0 saturated heterocycles. The molecule has 2 amide bonds. The molecule has 3 aromatic carbocycles. The number of methoxy groups -OCH3 is 2. The van der Waals surface area contributed by atoms with E-state index >= 15 is 0 Å². The molecule has 0 radical (unpaired) electrons. The summed E-state index contributed by atoms with van der Waals surface area (Å²) in [5, 5.41) is 6.07. The maximum atomic E-state index is 12.8. The van der Waals surface area contributed by atoms with Crippen molar-refractivity contribution in [1.29, 1.82) is 0 Å². The van der Waals surface area contributed by atoms with Crippen LogP contribution in [0.4, 0.5) is 10.5 Å². The Morgan fingerprint density at radius 2 is 1.67 bits per heavy atom. The number of amides is 2. The van der Waals surface area contributed by atoms with Gasteiger partial charge in [-0.15, -0.1) is 0 Å². The Morgan fingerprint density at radius 1 is 0.944 bits per heavy atom. The average molecular weight is 489 g/mol. The Labute approximate surface area is 214 Å². The molecule has 36 heavy (non-hydrogen) atoms. The maximum Gasteiger partial charge on any atom is 0.315 e. The standard InChI is InChI=1S/C29H36N4O3/c1-32(2)25-12-10-23(11-13-25)26(33-16-15-22-7-5-6-8-24(22)20-33)19-31-29(34)30-18-21-9-14-27(35-3)28(17-21)36-4/h5-14,17,26H,15-16,18-20H2,1-4H3,(H2,30,31,34). The van der Waals surface area contributed by atoms with Gasteiger partial charge in [0.15, 0.2) is 11.5 Å². The molecule has 1 aliphatic heterocycles. The molecule has 1 aliphatic rings. The molecule has 3 aromatic rings. The van der Waals surface area contributed by atoms with Gasteiger partial charge in [0.05, 0.1) is 20.3 Å². The van der Waals surface area contributed by atoms with Gasteiger partial charge in [-0.2, -0.15) is 0 Å². The molecule has 0 aromatic heterocycles. The van der Waals surface area contributed by atoms with Crippen molar-refractivity contribution in [3.8, 4) is 11.5 Å². The molecule has 2 N–H and O–H groups in total. The lowest BCUT2D eigenvalue weighted by Gasteiger charge is -2.36. The number of rotatable bonds is 9. The first-order chi connectivity index (χ1) is 17.5. The van der Waals surface area contributed by atoms with Crippen molar-refractivity contribution in [2.24, 2.45) is 0 Å². The van der Waals surface area contributed by atoms with Crippen LogP contribution in [-0.2, 0) is 19.5 Å². The number of carbonyl (C=O) groups is 1. The SMILES string of the molecule is COc1ccc(CNC(=O)NCC(c2ccc(N(C)C)cc2)N2CCc3ccccc3C2)cc1OC. The van der Waals surface area contributed by atoms with Crippen LogP contribution < -0.4 is 25.0 Å². The predicted octanol–water partition coefficient (Wildman–Crippen LogP) is 4.37. The minimum Gasteiger partial charge on any atom is -0.493 e. The third kappa shape index (κ3) is 6.10. The van der Waals surface area contributed by atoms with Crippen LogP contribution in [0.25, 0.3) is 0 Å². The highest BCUT2D eigenvalue weighted by atomic mass is 16.5. The third-order valence-corrected chi connectivity index (χ3v) is 6.75. The first kappa shape index (κ1) is 25.4. The highest BCUT2D eigenvalue weighted by Crippen LogP contribution is 2.29. The zero-order valence-corrected chi connectivity index (χ0v) is 21.6. The monoisotopic (exact) mass is 488 g/mol. The molecule has 0 saturated carbocycles. The number of hydrogen-bond donors (Lipinski definition) is 2. The van der Waals surface area contributed by atoms with Gasteiger partial charge in [-0.1, -0.05) is 42.5 Å². The van der Waals surface area contributed by atoms with Gasteiger partial charge in [0.25, 0.3) is 0 Å². The molecule has 0 aliphatic carbocycles. The smallest absolute Gasteiger partial charge is 0.315 e. The van der Waals surface area contributed by atoms with Crippen molar-refractivity contribution in [1.82, 2.24) is 15.5 Å². The summed E-state index contributed by atoms with van der Waals surface area (Å²) in [6, 6.07) is 22.8. The highest BCUT2D eigenvalue weighted by molar-refractivity contribution is 5.74. The van der Waals surface area contributed by atoms with Crippen molar-refractivity contribution in [3.05, 3.63) is 89.0 Å². The number of urea groups is 1. The molecule has 190 valence electrons. The van der Waals surface area contributed by atoms with E-state index in [0.29, 0.717) is 24.6 Å². The number of nitrogens with one attached hydrogen (secondary N) is 2. The van der Waals surface area contributed by atoms with Crippen LogP contribution in [0.5, 0.6) is 11.5 Å². The van der Waals surface area contributed by atoms with E-state index in [1.54, 1.807) is 14.2 Å². The molecule has 0 bridgehead atoms. The summed E-state index contributed by atoms with van der Waals surface area (Å²) in [6.45, 7) is 2.73. The number of benzene rings is 3. The summed E-state index contributed by atoms with van der Waals surface area (Å²) in [6.07, 6.45) is 1.01. The summed E-state index contributed by atoms with van der Waals surface area (Å²) >= 11 is 0. The van der Waals surface area contributed by atoms with E-state index in [0.717, 1.165) is 30.8 Å². The topological polar surface area (TPSA) is 66.1 Å². The number of nitrogens with zero attached hydrogens (tertiary/aromatic N) is 2. The molecule has 7 nitrogen and oxygen atoms in total. The Hall–Kier alpha value is -3.71. The van der Waals surface area contributed by atoms with E-state index < -0.39 is 0 Å².